The average Bonchev–Trinajstić information content (AvgIpc) is 3.23. The van der Waals surface area contributed by atoms with E-state index in [1.54, 1.807) is 13.0 Å². The van der Waals surface area contributed by atoms with Gasteiger partial charge in [0.05, 0.1) is 12.4 Å². The van der Waals surface area contributed by atoms with Gasteiger partial charge in [0.2, 0.25) is 0 Å². The molecule has 5 atom stereocenters. The van der Waals surface area contributed by atoms with Crippen LogP contribution in [-0.2, 0) is 14.3 Å². The maximum Gasteiger partial charge on any atom is 0.327 e. The molecule has 1 fully saturated rings. The number of esters is 1. The molecule has 12 heteroatoms. The predicted octanol–water partition coefficient (Wildman–Crippen LogP) is -0.488. The molecule has 1 aliphatic rings. The minimum atomic E-state index is -1.21. The fourth-order valence-corrected chi connectivity index (χ4v) is 3.30. The second-order valence-corrected chi connectivity index (χ2v) is 7.17. The number of nitrogens with zero attached hydrogens (tertiary/aromatic N) is 4. The van der Waals surface area contributed by atoms with E-state index >= 15 is 0 Å². The number of rotatable bonds is 7. The summed E-state index contributed by atoms with van der Waals surface area (Å²) in [6.45, 7) is 1.60. The van der Waals surface area contributed by atoms with Crippen LogP contribution in [0.4, 0.5) is 5.82 Å². The van der Waals surface area contributed by atoms with Crippen molar-refractivity contribution in [3.63, 3.8) is 0 Å². The number of aromatic nitrogens is 4. The highest BCUT2D eigenvalue weighted by molar-refractivity contribution is 7.80. The van der Waals surface area contributed by atoms with Crippen LogP contribution in [0.1, 0.15) is 26.0 Å². The molecule has 0 radical (unpaired) electrons. The molecular formula is C17H24N6O5S. The Morgan fingerprint density at radius 1 is 1.41 bits per heavy atom. The van der Waals surface area contributed by atoms with E-state index in [2.05, 4.69) is 27.6 Å². The lowest BCUT2D eigenvalue weighted by Crippen LogP contribution is -2.32. The van der Waals surface area contributed by atoms with E-state index in [1.807, 2.05) is 0 Å². The monoisotopic (exact) mass is 424 g/mol. The third-order valence-corrected chi connectivity index (χ3v) is 4.90. The second kappa shape index (κ2) is 9.05. The van der Waals surface area contributed by atoms with Crippen molar-refractivity contribution in [3.05, 3.63) is 24.5 Å². The predicted molar refractivity (Wildman–Crippen MR) is 107 cm³/mol. The number of allylic oxidation sites excluding steroid dienone is 1. The summed E-state index contributed by atoms with van der Waals surface area (Å²) in [6, 6.07) is -0.751. The van der Waals surface area contributed by atoms with Crippen LogP contribution in [-0.4, -0.2) is 65.8 Å². The summed E-state index contributed by atoms with van der Waals surface area (Å²) in [5, 5.41) is 20.8. The summed E-state index contributed by atoms with van der Waals surface area (Å²) in [6.07, 6.45) is 0.895. The first-order valence-electron chi connectivity index (χ1n) is 9.03. The van der Waals surface area contributed by atoms with Gasteiger partial charge in [-0.2, -0.15) is 12.6 Å². The first kappa shape index (κ1) is 21.5. The Morgan fingerprint density at radius 3 is 2.90 bits per heavy atom. The molecule has 0 spiro atoms. The highest BCUT2D eigenvalue weighted by Crippen LogP contribution is 2.33. The highest BCUT2D eigenvalue weighted by atomic mass is 32.1. The number of hydrogen-bond acceptors (Lipinski definition) is 11. The molecule has 0 bridgehead atoms. The van der Waals surface area contributed by atoms with Crippen LogP contribution < -0.4 is 11.5 Å². The molecule has 1 aliphatic heterocycles. The first-order valence-corrected chi connectivity index (χ1v) is 9.66. The van der Waals surface area contributed by atoms with Crippen molar-refractivity contribution >= 4 is 35.6 Å². The van der Waals surface area contributed by atoms with Gasteiger partial charge in [0.1, 0.15) is 35.9 Å². The highest BCUT2D eigenvalue weighted by Gasteiger charge is 2.43. The SMILES string of the molecule is CC(=CC[C@H]1O[C@@H](n2cnc3c(N)ncnc32)[C@H](O)[C@@H]1O)OC(=O)[C@@H](N)CCS. The van der Waals surface area contributed by atoms with Gasteiger partial charge >= 0.3 is 5.97 Å². The van der Waals surface area contributed by atoms with Crippen molar-refractivity contribution in [3.8, 4) is 0 Å². The summed E-state index contributed by atoms with van der Waals surface area (Å²) in [5.41, 5.74) is 12.2. The number of thiol groups is 1. The molecule has 3 rings (SSSR count). The maximum absolute atomic E-state index is 11.8. The van der Waals surface area contributed by atoms with Crippen molar-refractivity contribution in [2.45, 2.75) is 50.3 Å². The molecule has 1 saturated heterocycles. The number of fused-ring (bicyclic) bond motifs is 1. The van der Waals surface area contributed by atoms with Crippen LogP contribution >= 0.6 is 12.6 Å². The third-order valence-electron chi connectivity index (χ3n) is 4.64. The Balaban J connectivity index is 1.68. The van der Waals surface area contributed by atoms with Gasteiger partial charge < -0.3 is 31.2 Å². The van der Waals surface area contributed by atoms with E-state index < -0.39 is 36.6 Å². The van der Waals surface area contributed by atoms with Crippen molar-refractivity contribution in [1.82, 2.24) is 19.5 Å². The summed E-state index contributed by atoms with van der Waals surface area (Å²) in [7, 11) is 0. The van der Waals surface area contributed by atoms with E-state index in [0.717, 1.165) is 0 Å². The fourth-order valence-electron chi connectivity index (χ4n) is 3.03. The molecule has 2 aromatic rings. The van der Waals surface area contributed by atoms with Crippen molar-refractivity contribution in [2.24, 2.45) is 5.73 Å². The quantitative estimate of drug-likeness (QED) is 0.222. The summed E-state index contributed by atoms with van der Waals surface area (Å²) >= 11 is 4.03. The lowest BCUT2D eigenvalue weighted by molar-refractivity contribution is -0.141. The molecule has 0 unspecified atom stereocenters. The first-order chi connectivity index (χ1) is 13.8. The Labute approximate surface area is 172 Å². The standard InChI is InChI=1S/C17H24N6O5S/c1-8(27-17(26)9(18)4-5-29)2-3-10-12(24)13(25)16(28-10)23-7-22-11-14(19)20-6-21-15(11)23/h2,6-7,9-10,12-13,16,24-25,29H,3-5,18H2,1H3,(H2,19,20,21)/t9-,10+,12+,13+,16+/m0/s1. The normalized spacial score (nSPS) is 26.0. The number of hydrogen-bond donors (Lipinski definition) is 5. The average molecular weight is 424 g/mol. The third kappa shape index (κ3) is 4.51. The number of aliphatic hydroxyl groups excluding tert-OH is 2. The molecule has 11 nitrogen and oxygen atoms in total. The Hall–Kier alpha value is -2.25. The zero-order chi connectivity index (χ0) is 21.1. The summed E-state index contributed by atoms with van der Waals surface area (Å²) < 4.78 is 12.5. The van der Waals surface area contributed by atoms with Gasteiger partial charge in [0.15, 0.2) is 17.7 Å². The molecule has 3 heterocycles. The lowest BCUT2D eigenvalue weighted by atomic mass is 10.1. The van der Waals surface area contributed by atoms with E-state index in [4.69, 9.17) is 20.9 Å². The van der Waals surface area contributed by atoms with Gasteiger partial charge in [-0.1, -0.05) is 0 Å². The van der Waals surface area contributed by atoms with Gasteiger partial charge in [-0.05, 0) is 31.6 Å². The molecule has 0 saturated carbocycles. The van der Waals surface area contributed by atoms with Gasteiger partial charge in [0.25, 0.3) is 0 Å². The molecular weight excluding hydrogens is 400 g/mol. The molecule has 29 heavy (non-hydrogen) atoms. The van der Waals surface area contributed by atoms with Crippen LogP contribution in [0.25, 0.3) is 11.2 Å². The largest absolute Gasteiger partial charge is 0.431 e. The van der Waals surface area contributed by atoms with Crippen LogP contribution in [0, 0.1) is 0 Å². The van der Waals surface area contributed by atoms with Gasteiger partial charge in [-0.3, -0.25) is 4.57 Å². The van der Waals surface area contributed by atoms with Gasteiger partial charge in [0, 0.05) is 0 Å². The molecule has 158 valence electrons. The number of aliphatic hydroxyl groups is 2. The maximum atomic E-state index is 11.8. The number of carbonyl (C=O) groups excluding carboxylic acids is 1. The zero-order valence-corrected chi connectivity index (χ0v) is 16.6. The fraction of sp³-hybridized carbons (Fsp3) is 0.529. The van der Waals surface area contributed by atoms with E-state index in [9.17, 15) is 15.0 Å². The Morgan fingerprint density at radius 2 is 2.17 bits per heavy atom. The lowest BCUT2D eigenvalue weighted by Gasteiger charge is -2.16. The number of nitrogens with two attached hydrogens (primary N) is 2. The number of ether oxygens (including phenoxy) is 2. The van der Waals surface area contributed by atoms with E-state index in [0.29, 0.717) is 29.1 Å². The van der Waals surface area contributed by atoms with Crippen molar-refractivity contribution < 1.29 is 24.5 Å². The smallest absolute Gasteiger partial charge is 0.327 e. The van der Waals surface area contributed by atoms with Gasteiger partial charge in [-0.15, -0.1) is 0 Å². The van der Waals surface area contributed by atoms with Crippen LogP contribution in [0.5, 0.6) is 0 Å². The molecule has 0 aliphatic carbocycles. The molecule has 0 aromatic carbocycles. The number of anilines is 1. The molecule has 2 aromatic heterocycles. The van der Waals surface area contributed by atoms with Crippen LogP contribution in [0.15, 0.2) is 24.5 Å². The summed E-state index contributed by atoms with van der Waals surface area (Å²) in [4.78, 5) is 24.0. The minimum absolute atomic E-state index is 0.204. The zero-order valence-electron chi connectivity index (χ0n) is 15.8. The second-order valence-electron chi connectivity index (χ2n) is 6.72. The minimum Gasteiger partial charge on any atom is -0.431 e. The molecule has 0 amide bonds. The Bertz CT molecular complexity index is 906. The van der Waals surface area contributed by atoms with E-state index in [-0.39, 0.29) is 12.2 Å². The Kier molecular flexibility index (Phi) is 6.70. The van der Waals surface area contributed by atoms with Crippen molar-refractivity contribution in [1.29, 1.82) is 0 Å². The number of carbonyl (C=O) groups is 1. The molecule has 6 N–H and O–H groups in total. The van der Waals surface area contributed by atoms with Gasteiger partial charge in [-0.25, -0.2) is 19.7 Å². The van der Waals surface area contributed by atoms with E-state index in [1.165, 1.54) is 17.2 Å². The van der Waals surface area contributed by atoms with Crippen LogP contribution in [0.2, 0.25) is 0 Å². The van der Waals surface area contributed by atoms with Crippen molar-refractivity contribution in [2.75, 3.05) is 11.5 Å². The van der Waals surface area contributed by atoms with Crippen LogP contribution in [0.3, 0.4) is 0 Å². The number of nitrogen functional groups attached to an aromatic ring is 1. The summed E-state index contributed by atoms with van der Waals surface area (Å²) in [5.74, 6) is 0.447. The topological polar surface area (TPSA) is 172 Å². The number of imidazole rings is 1.